The van der Waals surface area contributed by atoms with Gasteiger partial charge in [0.25, 0.3) is 0 Å². The average molecular weight is 388 g/mol. The van der Waals surface area contributed by atoms with E-state index in [1.807, 2.05) is 6.07 Å². The molecule has 2 aromatic rings. The Morgan fingerprint density at radius 1 is 1.07 bits per heavy atom. The summed E-state index contributed by atoms with van der Waals surface area (Å²) in [7, 11) is 1.31. The van der Waals surface area contributed by atoms with Crippen LogP contribution in [-0.2, 0) is 4.74 Å². The lowest BCUT2D eigenvalue weighted by Crippen LogP contribution is -2.50. The van der Waals surface area contributed by atoms with Gasteiger partial charge in [0.1, 0.15) is 0 Å². The standard InChI is InChI=1S/C20H22ClN3O3/c1-14-4-3-5-16(12-14)23-8-10-24(11-9-23)20(26)22-18-13-15(19(25)27-2)6-7-17(18)21/h3-7,12-13H,8-11H2,1-2H3,(H,22,26). The number of carbonyl (C=O) groups is 2. The van der Waals surface area contributed by atoms with Crippen molar-refractivity contribution in [1.82, 2.24) is 4.90 Å². The van der Waals surface area contributed by atoms with E-state index >= 15 is 0 Å². The second kappa shape index (κ2) is 8.31. The fraction of sp³-hybridized carbons (Fsp3) is 0.300. The smallest absolute Gasteiger partial charge is 0.337 e. The maximum Gasteiger partial charge on any atom is 0.337 e. The van der Waals surface area contributed by atoms with Crippen LogP contribution in [0.3, 0.4) is 0 Å². The number of nitrogens with one attached hydrogen (secondary N) is 1. The van der Waals surface area contributed by atoms with Gasteiger partial charge in [-0.3, -0.25) is 0 Å². The molecule has 1 aliphatic heterocycles. The van der Waals surface area contributed by atoms with E-state index in [1.165, 1.54) is 24.4 Å². The molecule has 0 radical (unpaired) electrons. The molecule has 7 heteroatoms. The van der Waals surface area contributed by atoms with E-state index in [0.717, 1.165) is 13.1 Å². The third kappa shape index (κ3) is 4.52. The van der Waals surface area contributed by atoms with E-state index in [9.17, 15) is 9.59 Å². The Bertz CT molecular complexity index is 848. The van der Waals surface area contributed by atoms with E-state index in [2.05, 4.69) is 35.3 Å². The largest absolute Gasteiger partial charge is 0.465 e. The van der Waals surface area contributed by atoms with Gasteiger partial charge in [0.15, 0.2) is 0 Å². The van der Waals surface area contributed by atoms with E-state index < -0.39 is 5.97 Å². The highest BCUT2D eigenvalue weighted by Crippen LogP contribution is 2.24. The molecule has 0 saturated carbocycles. The minimum absolute atomic E-state index is 0.234. The van der Waals surface area contributed by atoms with Gasteiger partial charge in [-0.25, -0.2) is 9.59 Å². The molecular weight excluding hydrogens is 366 g/mol. The lowest BCUT2D eigenvalue weighted by Gasteiger charge is -2.36. The summed E-state index contributed by atoms with van der Waals surface area (Å²) in [4.78, 5) is 28.3. The van der Waals surface area contributed by atoms with Crippen LogP contribution in [0.2, 0.25) is 5.02 Å². The van der Waals surface area contributed by atoms with Crippen molar-refractivity contribution in [1.29, 1.82) is 0 Å². The van der Waals surface area contributed by atoms with Gasteiger partial charge in [0.05, 0.1) is 23.4 Å². The third-order valence-electron chi connectivity index (χ3n) is 4.56. The lowest BCUT2D eigenvalue weighted by molar-refractivity contribution is 0.0600. The number of halogens is 1. The third-order valence-corrected chi connectivity index (χ3v) is 4.89. The highest BCUT2D eigenvalue weighted by atomic mass is 35.5. The van der Waals surface area contributed by atoms with Gasteiger partial charge < -0.3 is 19.9 Å². The Kier molecular flexibility index (Phi) is 5.86. The van der Waals surface area contributed by atoms with Crippen LogP contribution < -0.4 is 10.2 Å². The Hall–Kier alpha value is -2.73. The molecule has 0 aromatic heterocycles. The van der Waals surface area contributed by atoms with Crippen LogP contribution in [-0.4, -0.2) is 50.2 Å². The van der Waals surface area contributed by atoms with Crippen LogP contribution in [0.4, 0.5) is 16.2 Å². The molecule has 0 spiro atoms. The zero-order valence-corrected chi connectivity index (χ0v) is 16.1. The molecule has 0 unspecified atom stereocenters. The second-order valence-electron chi connectivity index (χ2n) is 6.43. The summed E-state index contributed by atoms with van der Waals surface area (Å²) < 4.78 is 4.70. The van der Waals surface area contributed by atoms with Crippen molar-refractivity contribution in [2.45, 2.75) is 6.92 Å². The number of anilines is 2. The van der Waals surface area contributed by atoms with Gasteiger partial charge in [0, 0.05) is 31.9 Å². The van der Waals surface area contributed by atoms with Crippen molar-refractivity contribution in [3.05, 3.63) is 58.6 Å². The van der Waals surface area contributed by atoms with Crippen molar-refractivity contribution >= 4 is 35.0 Å². The first kappa shape index (κ1) is 19.0. The van der Waals surface area contributed by atoms with Crippen LogP contribution in [0, 0.1) is 6.92 Å². The quantitative estimate of drug-likeness (QED) is 0.814. The Labute approximate surface area is 163 Å². The van der Waals surface area contributed by atoms with Gasteiger partial charge >= 0.3 is 12.0 Å². The predicted octanol–water partition coefficient (Wildman–Crippen LogP) is 3.79. The summed E-state index contributed by atoms with van der Waals surface area (Å²) in [6.45, 7) is 4.79. The highest BCUT2D eigenvalue weighted by molar-refractivity contribution is 6.33. The maximum absolute atomic E-state index is 12.6. The first-order chi connectivity index (χ1) is 13.0. The molecule has 2 aromatic carbocycles. The fourth-order valence-corrected chi connectivity index (χ4v) is 3.22. The number of piperazine rings is 1. The predicted molar refractivity (Wildman–Crippen MR) is 107 cm³/mol. The Balaban J connectivity index is 1.62. The number of urea groups is 1. The normalized spacial score (nSPS) is 14.0. The van der Waals surface area contributed by atoms with Crippen LogP contribution in [0.5, 0.6) is 0 Å². The summed E-state index contributed by atoms with van der Waals surface area (Å²) in [5.41, 5.74) is 3.11. The fourth-order valence-electron chi connectivity index (χ4n) is 3.05. The molecular formula is C20H22ClN3O3. The topological polar surface area (TPSA) is 61.9 Å². The van der Waals surface area contributed by atoms with Gasteiger partial charge in [-0.2, -0.15) is 0 Å². The number of rotatable bonds is 3. The Morgan fingerprint density at radius 3 is 2.48 bits per heavy atom. The van der Waals surface area contributed by atoms with Crippen LogP contribution >= 0.6 is 11.6 Å². The molecule has 142 valence electrons. The molecule has 1 N–H and O–H groups in total. The minimum Gasteiger partial charge on any atom is -0.465 e. The first-order valence-corrected chi connectivity index (χ1v) is 9.11. The van der Waals surface area contributed by atoms with E-state index in [0.29, 0.717) is 29.4 Å². The molecule has 1 heterocycles. The van der Waals surface area contributed by atoms with E-state index in [4.69, 9.17) is 16.3 Å². The van der Waals surface area contributed by atoms with Crippen LogP contribution in [0.15, 0.2) is 42.5 Å². The minimum atomic E-state index is -0.478. The number of esters is 1. The number of nitrogens with zero attached hydrogens (tertiary/aromatic N) is 2. The molecule has 2 amide bonds. The average Bonchev–Trinajstić information content (AvgIpc) is 2.69. The number of benzene rings is 2. The van der Waals surface area contributed by atoms with Crippen LogP contribution in [0.25, 0.3) is 0 Å². The highest BCUT2D eigenvalue weighted by Gasteiger charge is 2.22. The summed E-state index contributed by atoms with van der Waals surface area (Å²) in [6.07, 6.45) is 0. The summed E-state index contributed by atoms with van der Waals surface area (Å²) in [6, 6.07) is 12.8. The van der Waals surface area contributed by atoms with Crippen molar-refractivity contribution in [2.75, 3.05) is 43.5 Å². The molecule has 1 fully saturated rings. The van der Waals surface area contributed by atoms with Crippen molar-refractivity contribution in [3.8, 4) is 0 Å². The molecule has 0 bridgehead atoms. The van der Waals surface area contributed by atoms with Gasteiger partial charge in [0.2, 0.25) is 0 Å². The molecule has 1 saturated heterocycles. The Morgan fingerprint density at radius 2 is 1.81 bits per heavy atom. The monoisotopic (exact) mass is 387 g/mol. The molecule has 0 aliphatic carbocycles. The number of methoxy groups -OCH3 is 1. The number of ether oxygens (including phenoxy) is 1. The van der Waals surface area contributed by atoms with Gasteiger partial charge in [-0.15, -0.1) is 0 Å². The van der Waals surface area contributed by atoms with Gasteiger partial charge in [-0.1, -0.05) is 23.7 Å². The maximum atomic E-state index is 12.6. The summed E-state index contributed by atoms with van der Waals surface area (Å²) in [5.74, 6) is -0.478. The molecule has 6 nitrogen and oxygen atoms in total. The number of aryl methyl sites for hydroxylation is 1. The SMILES string of the molecule is COC(=O)c1ccc(Cl)c(NC(=O)N2CCN(c3cccc(C)c3)CC2)c1. The van der Waals surface area contributed by atoms with Crippen molar-refractivity contribution in [2.24, 2.45) is 0 Å². The number of hydrogen-bond acceptors (Lipinski definition) is 4. The van der Waals surface area contributed by atoms with Crippen molar-refractivity contribution in [3.63, 3.8) is 0 Å². The van der Waals surface area contributed by atoms with E-state index in [-0.39, 0.29) is 6.03 Å². The lowest BCUT2D eigenvalue weighted by atomic mass is 10.2. The van der Waals surface area contributed by atoms with Crippen LogP contribution in [0.1, 0.15) is 15.9 Å². The molecule has 27 heavy (non-hydrogen) atoms. The molecule has 1 aliphatic rings. The van der Waals surface area contributed by atoms with Crippen molar-refractivity contribution < 1.29 is 14.3 Å². The zero-order valence-electron chi connectivity index (χ0n) is 15.4. The number of amides is 2. The zero-order chi connectivity index (χ0) is 19.4. The first-order valence-electron chi connectivity index (χ1n) is 8.73. The number of hydrogen-bond donors (Lipinski definition) is 1. The summed E-state index contributed by atoms with van der Waals surface area (Å²) in [5, 5.41) is 3.16. The molecule has 0 atom stereocenters. The van der Waals surface area contributed by atoms with Gasteiger partial charge in [-0.05, 0) is 42.8 Å². The second-order valence-corrected chi connectivity index (χ2v) is 6.84. The van der Waals surface area contributed by atoms with E-state index in [1.54, 1.807) is 17.0 Å². The summed E-state index contributed by atoms with van der Waals surface area (Å²) >= 11 is 6.15. The molecule has 3 rings (SSSR count). The number of carbonyl (C=O) groups excluding carboxylic acids is 2.